The molecule has 1 heterocycles. The van der Waals surface area contributed by atoms with Gasteiger partial charge in [0.05, 0.1) is 6.54 Å². The Bertz CT molecular complexity index is 516. The lowest BCUT2D eigenvalue weighted by Gasteiger charge is -2.26. The number of nitrogens with two attached hydrogens (primary N) is 1. The molecule has 0 saturated carbocycles. The minimum absolute atomic E-state index is 0.170. The molecule has 0 spiro atoms. The van der Waals surface area contributed by atoms with Crippen LogP contribution < -0.4 is 16.4 Å². The fourth-order valence-electron chi connectivity index (χ4n) is 2.60. The molecule has 1 rings (SSSR count). The molecule has 3 amide bonds. The first-order valence-electron chi connectivity index (χ1n) is 8.13. The minimum Gasteiger partial charge on any atom is -0.480 e. The van der Waals surface area contributed by atoms with E-state index in [0.717, 1.165) is 0 Å². The largest absolute Gasteiger partial charge is 0.480 e. The Morgan fingerprint density at radius 2 is 2.00 bits per heavy atom. The highest BCUT2D eigenvalue weighted by molar-refractivity contribution is 7.98. The molecule has 1 aliphatic rings. The van der Waals surface area contributed by atoms with Gasteiger partial charge in [-0.3, -0.25) is 19.2 Å². The first kappa shape index (κ1) is 21.2. The number of nitrogens with zero attached hydrogens (tertiary/aromatic N) is 1. The molecule has 3 atom stereocenters. The maximum Gasteiger partial charge on any atom is 0.325 e. The molecule has 0 radical (unpaired) electrons. The van der Waals surface area contributed by atoms with Gasteiger partial charge in [0, 0.05) is 6.54 Å². The summed E-state index contributed by atoms with van der Waals surface area (Å²) < 4.78 is 0. The summed E-state index contributed by atoms with van der Waals surface area (Å²) in [6, 6.07) is -2.54. The quantitative estimate of drug-likeness (QED) is 0.395. The molecule has 10 heteroatoms. The molecule has 0 bridgehead atoms. The standard InChI is InChI=1S/C15H26N4O5S/c1-9(15(23)24)17-13(21)10(5-7-25-2)18-14(22)11-4-3-6-19(11)12(20)8-16/h9-11H,3-8,16H2,1-2H3,(H,17,21)(H,18,22)(H,23,24). The van der Waals surface area contributed by atoms with E-state index in [1.807, 2.05) is 6.26 Å². The van der Waals surface area contributed by atoms with E-state index >= 15 is 0 Å². The minimum atomic E-state index is -1.15. The van der Waals surface area contributed by atoms with Gasteiger partial charge in [-0.2, -0.15) is 11.8 Å². The topological polar surface area (TPSA) is 142 Å². The molecule has 0 aromatic heterocycles. The van der Waals surface area contributed by atoms with Gasteiger partial charge in [-0.25, -0.2) is 0 Å². The van der Waals surface area contributed by atoms with E-state index in [9.17, 15) is 19.2 Å². The zero-order chi connectivity index (χ0) is 19.0. The number of nitrogens with one attached hydrogen (secondary N) is 2. The fraction of sp³-hybridized carbons (Fsp3) is 0.733. The van der Waals surface area contributed by atoms with Crippen LogP contribution in [0.25, 0.3) is 0 Å². The third-order valence-electron chi connectivity index (χ3n) is 4.02. The summed E-state index contributed by atoms with van der Waals surface area (Å²) in [5.41, 5.74) is 5.37. The Morgan fingerprint density at radius 3 is 2.56 bits per heavy atom. The third kappa shape index (κ3) is 6.20. The fourth-order valence-corrected chi connectivity index (χ4v) is 3.07. The van der Waals surface area contributed by atoms with Crippen LogP contribution in [0.3, 0.4) is 0 Å². The number of carbonyl (C=O) groups excluding carboxylic acids is 3. The molecule has 0 aliphatic carbocycles. The van der Waals surface area contributed by atoms with Crippen LogP contribution in [0.1, 0.15) is 26.2 Å². The molecule has 3 unspecified atom stereocenters. The van der Waals surface area contributed by atoms with Gasteiger partial charge < -0.3 is 26.4 Å². The second-order valence-electron chi connectivity index (χ2n) is 5.86. The second kappa shape index (κ2) is 10.2. The maximum atomic E-state index is 12.5. The van der Waals surface area contributed by atoms with E-state index in [-0.39, 0.29) is 12.5 Å². The van der Waals surface area contributed by atoms with Crippen molar-refractivity contribution in [2.24, 2.45) is 5.73 Å². The molecule has 0 aromatic carbocycles. The summed E-state index contributed by atoms with van der Waals surface area (Å²) in [7, 11) is 0. The number of hydrogen-bond donors (Lipinski definition) is 4. The van der Waals surface area contributed by atoms with Crippen LogP contribution in [0.4, 0.5) is 0 Å². The highest BCUT2D eigenvalue weighted by Crippen LogP contribution is 2.17. The van der Waals surface area contributed by atoms with Gasteiger partial charge in [0.2, 0.25) is 17.7 Å². The third-order valence-corrected chi connectivity index (χ3v) is 4.67. The van der Waals surface area contributed by atoms with Gasteiger partial charge in [0.25, 0.3) is 0 Å². The van der Waals surface area contributed by atoms with Crippen molar-refractivity contribution in [3.8, 4) is 0 Å². The number of carboxylic acids is 1. The number of rotatable bonds is 9. The van der Waals surface area contributed by atoms with Gasteiger partial charge in [0.1, 0.15) is 18.1 Å². The number of carboxylic acid groups (broad SMARTS) is 1. The van der Waals surface area contributed by atoms with Crippen molar-refractivity contribution >= 4 is 35.5 Å². The van der Waals surface area contributed by atoms with E-state index in [1.165, 1.54) is 23.6 Å². The number of carbonyl (C=O) groups is 4. The maximum absolute atomic E-state index is 12.5. The Kier molecular flexibility index (Phi) is 8.70. The first-order chi connectivity index (χ1) is 11.8. The summed E-state index contributed by atoms with van der Waals surface area (Å²) in [4.78, 5) is 48.9. The van der Waals surface area contributed by atoms with E-state index in [2.05, 4.69) is 10.6 Å². The van der Waals surface area contributed by atoms with Crippen LogP contribution in [0.5, 0.6) is 0 Å². The molecule has 142 valence electrons. The number of hydrogen-bond acceptors (Lipinski definition) is 6. The monoisotopic (exact) mass is 374 g/mol. The summed E-state index contributed by atoms with van der Waals surface area (Å²) in [5, 5.41) is 13.9. The van der Waals surface area contributed by atoms with Crippen molar-refractivity contribution in [1.29, 1.82) is 0 Å². The van der Waals surface area contributed by atoms with E-state index in [1.54, 1.807) is 0 Å². The van der Waals surface area contributed by atoms with Crippen LogP contribution in [-0.4, -0.2) is 76.9 Å². The first-order valence-corrected chi connectivity index (χ1v) is 9.53. The summed E-state index contributed by atoms with van der Waals surface area (Å²) in [5.74, 6) is -1.80. The Labute approximate surface area is 151 Å². The SMILES string of the molecule is CSCCC(NC(=O)C1CCCN1C(=O)CN)C(=O)NC(C)C(=O)O. The lowest BCUT2D eigenvalue weighted by molar-refractivity contribution is -0.142. The molecule has 9 nitrogen and oxygen atoms in total. The van der Waals surface area contributed by atoms with Crippen LogP contribution >= 0.6 is 11.8 Å². The van der Waals surface area contributed by atoms with Crippen LogP contribution in [-0.2, 0) is 19.2 Å². The number of thioether (sulfide) groups is 1. The van der Waals surface area contributed by atoms with Gasteiger partial charge in [-0.15, -0.1) is 0 Å². The smallest absolute Gasteiger partial charge is 0.325 e. The summed E-state index contributed by atoms with van der Waals surface area (Å²) >= 11 is 1.51. The predicted octanol–water partition coefficient (Wildman–Crippen LogP) is -1.24. The normalized spacial score (nSPS) is 19.2. The van der Waals surface area contributed by atoms with Gasteiger partial charge in [-0.1, -0.05) is 0 Å². The molecule has 1 fully saturated rings. The number of amides is 3. The summed E-state index contributed by atoms with van der Waals surface area (Å²) in [6.45, 7) is 1.65. The highest BCUT2D eigenvalue weighted by atomic mass is 32.2. The Balaban J connectivity index is 2.76. The molecular weight excluding hydrogens is 348 g/mol. The lowest BCUT2D eigenvalue weighted by Crippen LogP contribution is -2.55. The highest BCUT2D eigenvalue weighted by Gasteiger charge is 2.35. The van der Waals surface area contributed by atoms with E-state index in [0.29, 0.717) is 31.6 Å². The molecular formula is C15H26N4O5S. The molecule has 1 aliphatic heterocycles. The Hall–Kier alpha value is -1.81. The van der Waals surface area contributed by atoms with Crippen molar-refractivity contribution < 1.29 is 24.3 Å². The second-order valence-corrected chi connectivity index (χ2v) is 6.85. The molecule has 25 heavy (non-hydrogen) atoms. The van der Waals surface area contributed by atoms with Crippen molar-refractivity contribution in [2.45, 2.75) is 44.3 Å². The average molecular weight is 374 g/mol. The molecule has 1 saturated heterocycles. The predicted molar refractivity (Wildman–Crippen MR) is 94.0 cm³/mol. The van der Waals surface area contributed by atoms with Gasteiger partial charge in [0.15, 0.2) is 0 Å². The van der Waals surface area contributed by atoms with Crippen molar-refractivity contribution in [2.75, 3.05) is 25.1 Å². The Morgan fingerprint density at radius 1 is 1.32 bits per heavy atom. The zero-order valence-corrected chi connectivity index (χ0v) is 15.3. The lowest BCUT2D eigenvalue weighted by atomic mass is 10.1. The average Bonchev–Trinajstić information content (AvgIpc) is 3.07. The van der Waals surface area contributed by atoms with Gasteiger partial charge >= 0.3 is 5.97 Å². The van der Waals surface area contributed by atoms with Crippen LogP contribution in [0.2, 0.25) is 0 Å². The zero-order valence-electron chi connectivity index (χ0n) is 14.5. The van der Waals surface area contributed by atoms with E-state index < -0.39 is 35.9 Å². The number of aliphatic carboxylic acids is 1. The van der Waals surface area contributed by atoms with Crippen LogP contribution in [0.15, 0.2) is 0 Å². The van der Waals surface area contributed by atoms with Crippen LogP contribution in [0, 0.1) is 0 Å². The number of likely N-dealkylation sites (tertiary alicyclic amines) is 1. The van der Waals surface area contributed by atoms with Crippen molar-refractivity contribution in [3.63, 3.8) is 0 Å². The van der Waals surface area contributed by atoms with Gasteiger partial charge in [-0.05, 0) is 38.2 Å². The summed E-state index contributed by atoms with van der Waals surface area (Å²) in [6.07, 6.45) is 3.44. The van der Waals surface area contributed by atoms with Crippen molar-refractivity contribution in [1.82, 2.24) is 15.5 Å². The van der Waals surface area contributed by atoms with Crippen molar-refractivity contribution in [3.05, 3.63) is 0 Å². The van der Waals surface area contributed by atoms with E-state index in [4.69, 9.17) is 10.8 Å². The molecule has 0 aromatic rings. The molecule has 5 N–H and O–H groups in total.